The number of aromatic nitrogens is 7. The number of H-pyrrole nitrogens is 1. The summed E-state index contributed by atoms with van der Waals surface area (Å²) in [6.45, 7) is 7.47. The third-order valence-corrected chi connectivity index (χ3v) is 10.1. The highest BCUT2D eigenvalue weighted by atomic mass is 35.5. The minimum Gasteiger partial charge on any atom is -0.508 e. The molecule has 60 heavy (non-hydrogen) atoms. The number of para-hydroxylation sites is 1. The van der Waals surface area contributed by atoms with E-state index in [0.29, 0.717) is 128 Å². The molecule has 320 valence electrons. The molecule has 2 aliphatic heterocycles. The van der Waals surface area contributed by atoms with E-state index in [1.165, 1.54) is 0 Å². The lowest BCUT2D eigenvalue weighted by Crippen LogP contribution is -2.51. The molecule has 5 N–H and O–H groups in total. The van der Waals surface area contributed by atoms with Crippen LogP contribution >= 0.6 is 12.4 Å². The second-order valence-corrected chi connectivity index (χ2v) is 14.3. The first kappa shape index (κ1) is 44.0. The average Bonchev–Trinajstić information content (AvgIpc) is 3.93. The molecule has 18 nitrogen and oxygen atoms in total. The van der Waals surface area contributed by atoms with Gasteiger partial charge in [0.1, 0.15) is 18.4 Å². The number of rotatable bonds is 20. The average molecular weight is 845 g/mol. The van der Waals surface area contributed by atoms with Gasteiger partial charge in [0.15, 0.2) is 0 Å². The molecule has 0 radical (unpaired) electrons. The summed E-state index contributed by atoms with van der Waals surface area (Å²) in [4.78, 5) is 38.4. The van der Waals surface area contributed by atoms with Crippen LogP contribution in [0.15, 0.2) is 60.8 Å². The second-order valence-electron chi connectivity index (χ2n) is 14.3. The fraction of sp³-hybridized carbons (Fsp3) is 0.463. The van der Waals surface area contributed by atoms with Crippen molar-refractivity contribution in [2.24, 2.45) is 5.73 Å². The van der Waals surface area contributed by atoms with E-state index in [1.807, 2.05) is 41.3 Å². The molecule has 19 heteroatoms. The number of nitrogens with zero attached hydrogens (tertiary/aromatic N) is 9. The van der Waals surface area contributed by atoms with Gasteiger partial charge in [0.2, 0.25) is 23.8 Å². The number of aromatic amines is 1. The zero-order valence-corrected chi connectivity index (χ0v) is 34.3. The zero-order chi connectivity index (χ0) is 40.8. The van der Waals surface area contributed by atoms with Crippen LogP contribution in [0.1, 0.15) is 29.0 Å². The highest BCUT2D eigenvalue weighted by Crippen LogP contribution is 2.25. The first-order chi connectivity index (χ1) is 28.9. The molecule has 5 aromatic rings. The Hall–Kier alpha value is -5.55. The zero-order valence-electron chi connectivity index (χ0n) is 33.5. The van der Waals surface area contributed by atoms with E-state index in [4.69, 9.17) is 46.1 Å². The van der Waals surface area contributed by atoms with Crippen molar-refractivity contribution in [2.75, 3.05) is 114 Å². The molecule has 2 saturated heterocycles. The number of nitrogens with two attached hydrogens (primary N) is 1. The topological polar surface area (TPSA) is 207 Å². The second kappa shape index (κ2) is 22.2. The maximum absolute atomic E-state index is 14.5. The summed E-state index contributed by atoms with van der Waals surface area (Å²) in [7, 11) is 0. The number of phenolic OH excluding ortho intramolecular Hbond substituents is 1. The van der Waals surface area contributed by atoms with Crippen molar-refractivity contribution in [3.05, 3.63) is 77.7 Å². The van der Waals surface area contributed by atoms with Crippen molar-refractivity contribution in [3.63, 3.8) is 0 Å². The van der Waals surface area contributed by atoms with E-state index in [9.17, 15) is 9.90 Å². The molecule has 7 rings (SSSR count). The summed E-state index contributed by atoms with van der Waals surface area (Å²) < 4.78 is 23.6. The largest absolute Gasteiger partial charge is 0.508 e. The molecule has 5 heterocycles. The Morgan fingerprint density at radius 1 is 0.900 bits per heavy atom. The normalized spacial score (nSPS) is 15.4. The maximum atomic E-state index is 14.5. The standard InChI is InChI=1S/C41H52N12O6.ClH/c1-2-18-56-22-24-59-25-23-57-19-11-43-39-45-40(47-41(46-39)52-16-20-58-21-17-52)51-14-12-50(13-15-51)38(55)37(28-32-27-31-5-3-4-6-35(31)44-32)53-29-36(48-49-53)34(42)26-30-7-9-33(54)10-8-30;/h1,3-10,27,29,34,37,44,54H,11-26,28,42H2,(H,43,45,46,47);1H/t34-,37-;/m0./s1. The number of ether oxygens (including phenoxy) is 4. The molecule has 2 atom stereocenters. The van der Waals surface area contributed by atoms with Crippen molar-refractivity contribution in [1.29, 1.82) is 0 Å². The van der Waals surface area contributed by atoms with Crippen molar-refractivity contribution in [1.82, 2.24) is 39.8 Å². The number of carbonyl (C=O) groups is 1. The summed E-state index contributed by atoms with van der Waals surface area (Å²) >= 11 is 0. The quantitative estimate of drug-likeness (QED) is 0.0656. The molecular formula is C41H53ClN12O6. The van der Waals surface area contributed by atoms with Gasteiger partial charge in [-0.25, -0.2) is 4.68 Å². The van der Waals surface area contributed by atoms with E-state index in [1.54, 1.807) is 23.0 Å². The van der Waals surface area contributed by atoms with Crippen molar-refractivity contribution >= 4 is 47.1 Å². The number of terminal acetylenes is 1. The molecule has 2 aromatic carbocycles. The van der Waals surface area contributed by atoms with Gasteiger partial charge in [-0.3, -0.25) is 4.79 Å². The van der Waals surface area contributed by atoms with E-state index >= 15 is 0 Å². The van der Waals surface area contributed by atoms with Crippen LogP contribution in [0.5, 0.6) is 5.75 Å². The monoisotopic (exact) mass is 844 g/mol. The van der Waals surface area contributed by atoms with Crippen molar-refractivity contribution < 1.29 is 28.8 Å². The number of piperazine rings is 1. The number of aromatic hydroxyl groups is 1. The highest BCUT2D eigenvalue weighted by molar-refractivity contribution is 5.85. The molecule has 0 spiro atoms. The van der Waals surface area contributed by atoms with Gasteiger partial charge in [-0.15, -0.1) is 23.9 Å². The Labute approximate surface area is 355 Å². The van der Waals surface area contributed by atoms with Gasteiger partial charge in [-0.05, 0) is 41.6 Å². The molecule has 2 fully saturated rings. The number of halogens is 1. The smallest absolute Gasteiger partial charge is 0.248 e. The predicted molar refractivity (Wildman–Crippen MR) is 228 cm³/mol. The van der Waals surface area contributed by atoms with Gasteiger partial charge in [-0.2, -0.15) is 15.0 Å². The van der Waals surface area contributed by atoms with Gasteiger partial charge < -0.3 is 54.8 Å². The van der Waals surface area contributed by atoms with E-state index in [2.05, 4.69) is 42.4 Å². The molecule has 2 aliphatic rings. The Morgan fingerprint density at radius 2 is 1.58 bits per heavy atom. The summed E-state index contributed by atoms with van der Waals surface area (Å²) in [6, 6.07) is 15.9. The van der Waals surface area contributed by atoms with Crippen LogP contribution in [0.25, 0.3) is 10.9 Å². The fourth-order valence-electron chi connectivity index (χ4n) is 6.97. The van der Waals surface area contributed by atoms with Gasteiger partial charge >= 0.3 is 0 Å². The Balaban J connectivity index is 0.00000604. The number of amides is 1. The molecular weight excluding hydrogens is 792 g/mol. The fourth-order valence-corrected chi connectivity index (χ4v) is 6.97. The summed E-state index contributed by atoms with van der Waals surface area (Å²) in [5, 5.41) is 22.9. The number of carbonyl (C=O) groups excluding carboxylic acids is 1. The number of anilines is 3. The number of morpholine rings is 1. The van der Waals surface area contributed by atoms with E-state index in [0.717, 1.165) is 22.2 Å². The lowest BCUT2D eigenvalue weighted by Gasteiger charge is -2.36. The van der Waals surface area contributed by atoms with Crippen LogP contribution in [0.2, 0.25) is 0 Å². The summed E-state index contributed by atoms with van der Waals surface area (Å²) in [6.07, 6.45) is 7.83. The molecule has 3 aromatic heterocycles. The summed E-state index contributed by atoms with van der Waals surface area (Å²) in [5.74, 6) is 4.11. The molecule has 0 unspecified atom stereocenters. The van der Waals surface area contributed by atoms with Crippen LogP contribution < -0.4 is 20.9 Å². The lowest BCUT2D eigenvalue weighted by atomic mass is 10.0. The SMILES string of the molecule is C#CCOCCOCCOCCNc1nc(N2CCOCC2)nc(N2CCN(C(=O)[C@H](Cc3cc4ccccc4[nH]3)n3cc([C@@H](N)Cc4ccc(O)cc4)nn3)CC2)n1.Cl. The third-order valence-electron chi connectivity index (χ3n) is 10.1. The van der Waals surface area contributed by atoms with Crippen LogP contribution in [-0.4, -0.2) is 150 Å². The number of nitrogens with one attached hydrogen (secondary N) is 2. The molecule has 0 saturated carbocycles. The van der Waals surface area contributed by atoms with Crippen molar-refractivity contribution in [3.8, 4) is 18.1 Å². The first-order valence-electron chi connectivity index (χ1n) is 20.0. The first-order valence-corrected chi connectivity index (χ1v) is 20.0. The van der Waals surface area contributed by atoms with E-state index in [-0.39, 0.29) is 30.7 Å². The van der Waals surface area contributed by atoms with Crippen LogP contribution in [0.4, 0.5) is 17.8 Å². The Morgan fingerprint density at radius 3 is 2.30 bits per heavy atom. The number of benzene rings is 2. The van der Waals surface area contributed by atoms with Gasteiger partial charge in [-0.1, -0.05) is 41.5 Å². The number of hydrogen-bond donors (Lipinski definition) is 4. The Kier molecular flexibility index (Phi) is 16.3. The lowest BCUT2D eigenvalue weighted by molar-refractivity contribution is -0.135. The van der Waals surface area contributed by atoms with E-state index < -0.39 is 12.1 Å². The van der Waals surface area contributed by atoms with Gasteiger partial charge in [0.05, 0.1) is 64.2 Å². The van der Waals surface area contributed by atoms with Crippen LogP contribution in [0.3, 0.4) is 0 Å². The van der Waals surface area contributed by atoms with Gasteiger partial charge in [0, 0.05) is 63.4 Å². The minimum atomic E-state index is -0.667. The number of phenols is 1. The Bertz CT molecular complexity index is 2100. The third kappa shape index (κ3) is 12.0. The van der Waals surface area contributed by atoms with Crippen molar-refractivity contribution in [2.45, 2.75) is 24.9 Å². The van der Waals surface area contributed by atoms with Gasteiger partial charge in [0.25, 0.3) is 0 Å². The van der Waals surface area contributed by atoms with Crippen LogP contribution in [-0.2, 0) is 36.6 Å². The predicted octanol–water partition coefficient (Wildman–Crippen LogP) is 2.38. The minimum absolute atomic E-state index is 0. The van der Waals surface area contributed by atoms with Crippen LogP contribution in [0, 0.1) is 12.3 Å². The highest BCUT2D eigenvalue weighted by Gasteiger charge is 2.32. The number of fused-ring (bicyclic) bond motifs is 1. The molecule has 0 aliphatic carbocycles. The summed E-state index contributed by atoms with van der Waals surface area (Å²) in [5.41, 5.74) is 10.0. The maximum Gasteiger partial charge on any atom is 0.248 e. The number of hydrogen-bond acceptors (Lipinski definition) is 15. The molecule has 1 amide bonds. The molecule has 0 bridgehead atoms.